The summed E-state index contributed by atoms with van der Waals surface area (Å²) in [6.45, 7) is 1.76. The SMILES string of the molecule is Cc1ccc(Br)cc1S(=O)(=O)Nc1c(Br)cc(Br)cc1Br. The summed E-state index contributed by atoms with van der Waals surface area (Å²) in [5.41, 5.74) is 1.13. The predicted octanol–water partition coefficient (Wildman–Crippen LogP) is 5.85. The maximum Gasteiger partial charge on any atom is 0.262 e. The van der Waals surface area contributed by atoms with Gasteiger partial charge in [-0.25, -0.2) is 8.42 Å². The zero-order valence-corrected chi connectivity index (χ0v) is 17.8. The lowest BCUT2D eigenvalue weighted by Gasteiger charge is -2.14. The number of anilines is 1. The molecule has 0 heterocycles. The molecule has 0 aliphatic heterocycles. The van der Waals surface area contributed by atoms with Crippen LogP contribution in [-0.4, -0.2) is 8.42 Å². The van der Waals surface area contributed by atoms with Crippen molar-refractivity contribution >= 4 is 79.4 Å². The number of rotatable bonds is 3. The van der Waals surface area contributed by atoms with E-state index in [1.807, 2.05) is 0 Å². The van der Waals surface area contributed by atoms with Crippen LogP contribution in [0, 0.1) is 6.92 Å². The maximum absolute atomic E-state index is 12.6. The van der Waals surface area contributed by atoms with Crippen LogP contribution in [0.2, 0.25) is 0 Å². The second-order valence-electron chi connectivity index (χ2n) is 4.26. The molecular weight excluding hydrogens is 554 g/mol. The van der Waals surface area contributed by atoms with E-state index in [1.165, 1.54) is 0 Å². The molecule has 0 aliphatic rings. The van der Waals surface area contributed by atoms with E-state index in [2.05, 4.69) is 68.4 Å². The van der Waals surface area contributed by atoms with E-state index in [-0.39, 0.29) is 4.90 Å². The smallest absolute Gasteiger partial charge is 0.262 e. The molecule has 8 heteroatoms. The lowest BCUT2D eigenvalue weighted by Crippen LogP contribution is -2.15. The van der Waals surface area contributed by atoms with Crippen LogP contribution in [0.3, 0.4) is 0 Å². The Hall–Kier alpha value is 0.110. The van der Waals surface area contributed by atoms with Gasteiger partial charge in [0.2, 0.25) is 0 Å². The molecule has 2 aromatic carbocycles. The van der Waals surface area contributed by atoms with E-state index < -0.39 is 10.0 Å². The molecule has 0 spiro atoms. The summed E-state index contributed by atoms with van der Waals surface area (Å²) in [7, 11) is -3.68. The molecular formula is C13H9Br4NO2S. The van der Waals surface area contributed by atoms with Crippen molar-refractivity contribution in [3.05, 3.63) is 53.8 Å². The van der Waals surface area contributed by atoms with Gasteiger partial charge in [0.25, 0.3) is 10.0 Å². The summed E-state index contributed by atoms with van der Waals surface area (Å²) in [5.74, 6) is 0. The third kappa shape index (κ3) is 4.10. The van der Waals surface area contributed by atoms with Crippen molar-refractivity contribution < 1.29 is 8.42 Å². The van der Waals surface area contributed by atoms with Gasteiger partial charge in [0, 0.05) is 17.9 Å². The van der Waals surface area contributed by atoms with Gasteiger partial charge in [0.05, 0.1) is 10.6 Å². The molecule has 2 aromatic rings. The summed E-state index contributed by atoms with van der Waals surface area (Å²) >= 11 is 13.4. The highest BCUT2D eigenvalue weighted by atomic mass is 79.9. The number of aryl methyl sites for hydroxylation is 1. The fourth-order valence-corrected chi connectivity index (χ4v) is 6.30. The Balaban J connectivity index is 2.50. The van der Waals surface area contributed by atoms with Gasteiger partial charge in [0.1, 0.15) is 0 Å². The summed E-state index contributed by atoms with van der Waals surface area (Å²) in [6, 6.07) is 8.69. The summed E-state index contributed by atoms with van der Waals surface area (Å²) < 4.78 is 30.6. The van der Waals surface area contributed by atoms with Gasteiger partial charge in [-0.05, 0) is 68.6 Å². The molecule has 0 atom stereocenters. The minimum Gasteiger partial charge on any atom is -0.277 e. The third-order valence-electron chi connectivity index (χ3n) is 2.68. The molecule has 0 saturated heterocycles. The second-order valence-corrected chi connectivity index (χ2v) is 9.45. The molecule has 0 unspecified atom stereocenters. The van der Waals surface area contributed by atoms with Crippen molar-refractivity contribution in [1.82, 2.24) is 0 Å². The van der Waals surface area contributed by atoms with Gasteiger partial charge in [-0.15, -0.1) is 0 Å². The molecule has 0 aliphatic carbocycles. The molecule has 1 N–H and O–H groups in total. The van der Waals surface area contributed by atoms with Crippen LogP contribution in [0.5, 0.6) is 0 Å². The van der Waals surface area contributed by atoms with Gasteiger partial charge in [-0.1, -0.05) is 37.9 Å². The van der Waals surface area contributed by atoms with E-state index >= 15 is 0 Å². The van der Waals surface area contributed by atoms with Crippen LogP contribution >= 0.6 is 63.7 Å². The molecule has 0 bridgehead atoms. The van der Waals surface area contributed by atoms with Gasteiger partial charge >= 0.3 is 0 Å². The molecule has 0 saturated carbocycles. The van der Waals surface area contributed by atoms with Crippen LogP contribution in [0.1, 0.15) is 5.56 Å². The van der Waals surface area contributed by atoms with E-state index in [4.69, 9.17) is 0 Å². The number of hydrogen-bond donors (Lipinski definition) is 1. The molecule has 21 heavy (non-hydrogen) atoms. The highest BCUT2D eigenvalue weighted by molar-refractivity contribution is 9.11. The number of benzene rings is 2. The van der Waals surface area contributed by atoms with Gasteiger partial charge in [0.15, 0.2) is 0 Å². The van der Waals surface area contributed by atoms with Crippen molar-refractivity contribution in [3.8, 4) is 0 Å². The highest BCUT2D eigenvalue weighted by Crippen LogP contribution is 2.36. The first kappa shape index (κ1) is 17.5. The zero-order valence-electron chi connectivity index (χ0n) is 10.6. The highest BCUT2D eigenvalue weighted by Gasteiger charge is 2.20. The minimum atomic E-state index is -3.68. The molecule has 0 fully saturated rings. The predicted molar refractivity (Wildman–Crippen MR) is 99.2 cm³/mol. The van der Waals surface area contributed by atoms with Crippen molar-refractivity contribution in [2.75, 3.05) is 4.72 Å². The lowest BCUT2D eigenvalue weighted by molar-refractivity contribution is 0.600. The van der Waals surface area contributed by atoms with Crippen LogP contribution in [0.25, 0.3) is 0 Å². The third-order valence-corrected chi connectivity index (χ3v) is 6.38. The summed E-state index contributed by atoms with van der Waals surface area (Å²) in [5, 5.41) is 0. The van der Waals surface area contributed by atoms with Crippen molar-refractivity contribution in [2.24, 2.45) is 0 Å². The molecule has 3 nitrogen and oxygen atoms in total. The lowest BCUT2D eigenvalue weighted by atomic mass is 10.2. The van der Waals surface area contributed by atoms with E-state index in [0.29, 0.717) is 24.7 Å². The van der Waals surface area contributed by atoms with Gasteiger partial charge in [-0.3, -0.25) is 4.72 Å². The quantitative estimate of drug-likeness (QED) is 0.511. The van der Waals surface area contributed by atoms with Crippen molar-refractivity contribution in [2.45, 2.75) is 11.8 Å². The topological polar surface area (TPSA) is 46.2 Å². The Morgan fingerprint density at radius 2 is 1.48 bits per heavy atom. The Kier molecular flexibility index (Phi) is 5.57. The summed E-state index contributed by atoms with van der Waals surface area (Å²) in [6.07, 6.45) is 0. The van der Waals surface area contributed by atoms with Crippen molar-refractivity contribution in [3.63, 3.8) is 0 Å². The second kappa shape index (κ2) is 6.70. The fourth-order valence-electron chi connectivity index (χ4n) is 1.69. The van der Waals surface area contributed by atoms with Gasteiger partial charge in [-0.2, -0.15) is 0 Å². The Labute approximate surface area is 157 Å². The van der Waals surface area contributed by atoms with Crippen LogP contribution in [0.4, 0.5) is 5.69 Å². The largest absolute Gasteiger partial charge is 0.277 e. The average Bonchev–Trinajstić information content (AvgIpc) is 2.36. The first-order chi connectivity index (χ1) is 9.70. The normalized spacial score (nSPS) is 11.5. The Morgan fingerprint density at radius 1 is 0.905 bits per heavy atom. The van der Waals surface area contributed by atoms with Crippen molar-refractivity contribution in [1.29, 1.82) is 0 Å². The monoisotopic (exact) mass is 559 g/mol. The molecule has 0 radical (unpaired) electrons. The molecule has 0 aromatic heterocycles. The Bertz CT molecular complexity index is 783. The average molecular weight is 563 g/mol. The van der Waals surface area contributed by atoms with Crippen LogP contribution < -0.4 is 4.72 Å². The number of halogens is 4. The van der Waals surface area contributed by atoms with E-state index in [0.717, 1.165) is 4.47 Å². The van der Waals surface area contributed by atoms with E-state index in [9.17, 15) is 8.42 Å². The molecule has 112 valence electrons. The fraction of sp³-hybridized carbons (Fsp3) is 0.0769. The van der Waals surface area contributed by atoms with Gasteiger partial charge < -0.3 is 0 Å². The number of nitrogens with one attached hydrogen (secondary N) is 1. The van der Waals surface area contributed by atoms with Crippen LogP contribution in [-0.2, 0) is 10.0 Å². The first-order valence-electron chi connectivity index (χ1n) is 5.64. The Morgan fingerprint density at radius 3 is 2.05 bits per heavy atom. The molecule has 0 amide bonds. The zero-order chi connectivity index (χ0) is 15.8. The first-order valence-corrected chi connectivity index (χ1v) is 10.3. The van der Waals surface area contributed by atoms with E-state index in [1.54, 1.807) is 37.3 Å². The minimum absolute atomic E-state index is 0.235. The number of hydrogen-bond acceptors (Lipinski definition) is 2. The van der Waals surface area contributed by atoms with Crippen LogP contribution in [0.15, 0.2) is 53.1 Å². The number of sulfonamides is 1. The maximum atomic E-state index is 12.6. The summed E-state index contributed by atoms with van der Waals surface area (Å²) in [4.78, 5) is 0.235. The molecule has 2 rings (SSSR count). The standard InChI is InChI=1S/C13H9Br4NO2S/c1-7-2-3-8(14)6-12(7)21(19,20)18-13-10(16)4-9(15)5-11(13)17/h2-6,18H,1H3.